The minimum atomic E-state index is -0.972. The smallest absolute Gasteiger partial charge is 0.114 e. The van der Waals surface area contributed by atoms with Gasteiger partial charge in [-0.3, -0.25) is 0 Å². The van der Waals surface area contributed by atoms with Crippen molar-refractivity contribution in [2.75, 3.05) is 19.8 Å². The highest BCUT2D eigenvalue weighted by Gasteiger charge is 2.38. The molecule has 5 heteroatoms. The summed E-state index contributed by atoms with van der Waals surface area (Å²) in [5, 5.41) is 29.1. The van der Waals surface area contributed by atoms with Crippen LogP contribution in [0.4, 0.5) is 0 Å². The first kappa shape index (κ1) is 27.6. The van der Waals surface area contributed by atoms with Gasteiger partial charge in [0.05, 0.1) is 13.2 Å². The van der Waals surface area contributed by atoms with Gasteiger partial charge in [-0.2, -0.15) is 0 Å². The Morgan fingerprint density at radius 2 is 1.33 bits per heavy atom. The number of hydrogen-bond acceptors (Lipinski definition) is 5. The molecule has 4 atom stereocenters. The molecule has 178 valence electrons. The van der Waals surface area contributed by atoms with Crippen molar-refractivity contribution < 1.29 is 24.8 Å². The molecule has 0 radical (unpaired) electrons. The predicted molar refractivity (Wildman–Crippen MR) is 123 cm³/mol. The van der Waals surface area contributed by atoms with Gasteiger partial charge < -0.3 is 24.8 Å². The SMILES string of the molecule is CCCCCC/C=C/CCCCCCCCCCCO[C@@H]1[C@@H](O)[C@H](CO)OC[C@H]1O. The van der Waals surface area contributed by atoms with E-state index >= 15 is 0 Å². The van der Waals surface area contributed by atoms with Crippen molar-refractivity contribution >= 4 is 0 Å². The van der Waals surface area contributed by atoms with Gasteiger partial charge in [-0.15, -0.1) is 0 Å². The molecule has 0 saturated carbocycles. The molecule has 0 spiro atoms. The van der Waals surface area contributed by atoms with E-state index in [4.69, 9.17) is 14.6 Å². The molecule has 0 aromatic heterocycles. The summed E-state index contributed by atoms with van der Waals surface area (Å²) < 4.78 is 10.9. The van der Waals surface area contributed by atoms with Crippen LogP contribution in [0.25, 0.3) is 0 Å². The van der Waals surface area contributed by atoms with Crippen molar-refractivity contribution in [3.05, 3.63) is 12.2 Å². The van der Waals surface area contributed by atoms with Crippen molar-refractivity contribution in [2.24, 2.45) is 0 Å². The second-order valence-electron chi connectivity index (χ2n) is 8.74. The number of allylic oxidation sites excluding steroid dienone is 2. The highest BCUT2D eigenvalue weighted by Crippen LogP contribution is 2.19. The fraction of sp³-hybridized carbons (Fsp3) is 0.920. The second-order valence-corrected chi connectivity index (χ2v) is 8.74. The maximum Gasteiger partial charge on any atom is 0.114 e. The first-order valence-corrected chi connectivity index (χ1v) is 12.6. The van der Waals surface area contributed by atoms with Crippen LogP contribution in [0, 0.1) is 0 Å². The summed E-state index contributed by atoms with van der Waals surface area (Å²) in [6.07, 6.45) is 20.7. The third kappa shape index (κ3) is 13.1. The van der Waals surface area contributed by atoms with Crippen LogP contribution in [0.5, 0.6) is 0 Å². The van der Waals surface area contributed by atoms with Crippen LogP contribution in [0.15, 0.2) is 12.2 Å². The van der Waals surface area contributed by atoms with Crippen molar-refractivity contribution in [1.82, 2.24) is 0 Å². The molecule has 30 heavy (non-hydrogen) atoms. The Morgan fingerprint density at radius 3 is 1.90 bits per heavy atom. The topological polar surface area (TPSA) is 79.2 Å². The molecule has 1 fully saturated rings. The third-order valence-electron chi connectivity index (χ3n) is 5.97. The molecule has 1 saturated heterocycles. The van der Waals surface area contributed by atoms with Crippen molar-refractivity contribution in [3.8, 4) is 0 Å². The largest absolute Gasteiger partial charge is 0.394 e. The fourth-order valence-electron chi connectivity index (χ4n) is 3.97. The van der Waals surface area contributed by atoms with Crippen LogP contribution in [0.1, 0.15) is 103 Å². The van der Waals surface area contributed by atoms with E-state index in [0.717, 1.165) is 12.8 Å². The molecular weight excluding hydrogens is 380 g/mol. The molecule has 0 bridgehead atoms. The zero-order valence-electron chi connectivity index (χ0n) is 19.4. The molecule has 0 amide bonds. The highest BCUT2D eigenvalue weighted by atomic mass is 16.6. The zero-order chi connectivity index (χ0) is 21.9. The van der Waals surface area contributed by atoms with Crippen molar-refractivity contribution in [2.45, 2.75) is 128 Å². The van der Waals surface area contributed by atoms with E-state index < -0.39 is 24.4 Å². The van der Waals surface area contributed by atoms with Gasteiger partial charge >= 0.3 is 0 Å². The average molecular weight is 429 g/mol. The number of unbranched alkanes of at least 4 members (excludes halogenated alkanes) is 13. The van der Waals surface area contributed by atoms with Crippen LogP contribution < -0.4 is 0 Å². The minimum absolute atomic E-state index is 0.0995. The van der Waals surface area contributed by atoms with Crippen LogP contribution in [-0.4, -0.2) is 59.6 Å². The molecule has 0 unspecified atom stereocenters. The van der Waals surface area contributed by atoms with E-state index in [1.54, 1.807) is 0 Å². The summed E-state index contributed by atoms with van der Waals surface area (Å²) in [5.41, 5.74) is 0. The second kappa shape index (κ2) is 19.2. The summed E-state index contributed by atoms with van der Waals surface area (Å²) in [5.74, 6) is 0. The van der Waals surface area contributed by atoms with Crippen molar-refractivity contribution in [3.63, 3.8) is 0 Å². The molecule has 1 heterocycles. The van der Waals surface area contributed by atoms with Gasteiger partial charge in [0.25, 0.3) is 0 Å². The number of hydrogen-bond donors (Lipinski definition) is 3. The van der Waals surface area contributed by atoms with Gasteiger partial charge in [0.1, 0.15) is 24.4 Å². The van der Waals surface area contributed by atoms with Gasteiger partial charge in [-0.25, -0.2) is 0 Å². The van der Waals surface area contributed by atoms with E-state index in [2.05, 4.69) is 19.1 Å². The molecular formula is C25H48O5. The van der Waals surface area contributed by atoms with Crippen LogP contribution in [0.3, 0.4) is 0 Å². The standard InChI is InChI=1S/C25H48O5/c1-2-3-4-5-6-7-8-9-10-11-12-13-14-15-16-17-18-19-29-25-22(27)21-30-23(20-26)24(25)28/h7-8,22-28H,2-6,9-21H2,1H3/b8-7+/t22-,23+,24+,25+/m1/s1. The summed E-state index contributed by atoms with van der Waals surface area (Å²) in [4.78, 5) is 0. The number of ether oxygens (including phenoxy) is 2. The lowest BCUT2D eigenvalue weighted by molar-refractivity contribution is -0.210. The molecule has 1 aliphatic heterocycles. The molecule has 1 aliphatic rings. The molecule has 5 nitrogen and oxygen atoms in total. The van der Waals surface area contributed by atoms with Gasteiger partial charge in [-0.05, 0) is 32.1 Å². The molecule has 0 aromatic carbocycles. The molecule has 3 N–H and O–H groups in total. The highest BCUT2D eigenvalue weighted by molar-refractivity contribution is 4.87. The average Bonchev–Trinajstić information content (AvgIpc) is 2.75. The van der Waals surface area contributed by atoms with Crippen LogP contribution in [-0.2, 0) is 9.47 Å². The third-order valence-corrected chi connectivity index (χ3v) is 5.97. The van der Waals surface area contributed by atoms with Crippen LogP contribution in [0.2, 0.25) is 0 Å². The van der Waals surface area contributed by atoms with E-state index in [0.29, 0.717) is 6.61 Å². The summed E-state index contributed by atoms with van der Waals surface area (Å²) in [6.45, 7) is 2.63. The zero-order valence-corrected chi connectivity index (χ0v) is 19.4. The number of rotatable bonds is 19. The van der Waals surface area contributed by atoms with E-state index in [-0.39, 0.29) is 13.2 Å². The fourth-order valence-corrected chi connectivity index (χ4v) is 3.97. The lowest BCUT2D eigenvalue weighted by atomic mass is 10.0. The first-order chi connectivity index (χ1) is 14.7. The number of aliphatic hydroxyl groups excluding tert-OH is 3. The summed E-state index contributed by atoms with van der Waals surface area (Å²) in [7, 11) is 0. The van der Waals surface area contributed by atoms with E-state index in [9.17, 15) is 10.2 Å². The van der Waals surface area contributed by atoms with E-state index in [1.165, 1.54) is 83.5 Å². The molecule has 1 rings (SSSR count). The van der Waals surface area contributed by atoms with Gasteiger partial charge in [0, 0.05) is 6.61 Å². The Hall–Kier alpha value is -0.460. The monoisotopic (exact) mass is 428 g/mol. The number of aliphatic hydroxyl groups is 3. The minimum Gasteiger partial charge on any atom is -0.394 e. The maximum absolute atomic E-state index is 10.1. The molecule has 0 aliphatic carbocycles. The Labute approximate surface area is 184 Å². The van der Waals surface area contributed by atoms with Crippen molar-refractivity contribution in [1.29, 1.82) is 0 Å². The Morgan fingerprint density at radius 1 is 0.800 bits per heavy atom. The van der Waals surface area contributed by atoms with Gasteiger partial charge in [0.15, 0.2) is 0 Å². The quantitative estimate of drug-likeness (QED) is 0.201. The molecule has 0 aromatic rings. The first-order valence-electron chi connectivity index (χ1n) is 12.6. The van der Waals surface area contributed by atoms with E-state index in [1.807, 2.05) is 0 Å². The summed E-state index contributed by atoms with van der Waals surface area (Å²) in [6, 6.07) is 0. The van der Waals surface area contributed by atoms with Crippen LogP contribution >= 0.6 is 0 Å². The lowest BCUT2D eigenvalue weighted by Gasteiger charge is -2.37. The maximum atomic E-state index is 10.1. The Kier molecular flexibility index (Phi) is 17.7. The Bertz CT molecular complexity index is 401. The van der Waals surface area contributed by atoms with Gasteiger partial charge in [0.2, 0.25) is 0 Å². The van der Waals surface area contributed by atoms with Gasteiger partial charge in [-0.1, -0.05) is 83.3 Å². The summed E-state index contributed by atoms with van der Waals surface area (Å²) >= 11 is 0. The Balaban J connectivity index is 1.84. The lowest BCUT2D eigenvalue weighted by Crippen LogP contribution is -2.55. The normalized spacial score (nSPS) is 24.7. The predicted octanol–water partition coefficient (Wildman–Crippen LogP) is 4.91.